The Balaban J connectivity index is 1.85. The Morgan fingerprint density at radius 1 is 0.867 bits per heavy atom. The largest absolute Gasteiger partial charge is 0.375 e. The zero-order valence-corrected chi connectivity index (χ0v) is 16.3. The quantitative estimate of drug-likeness (QED) is 0.562. The first-order chi connectivity index (χ1) is 14.5. The molecule has 0 heterocycles. The average molecular weight is 403 g/mol. The van der Waals surface area contributed by atoms with Gasteiger partial charge in [-0.1, -0.05) is 36.4 Å². The first kappa shape index (κ1) is 20.8. The number of benzene rings is 3. The van der Waals surface area contributed by atoms with E-state index in [0.717, 1.165) is 11.1 Å². The molecule has 7 heteroatoms. The molecule has 3 amide bonds. The lowest BCUT2D eigenvalue weighted by atomic mass is 10.0. The highest BCUT2D eigenvalue weighted by molar-refractivity contribution is 6.06. The first-order valence-electron chi connectivity index (χ1n) is 9.17. The maximum absolute atomic E-state index is 12.7. The van der Waals surface area contributed by atoms with Crippen molar-refractivity contribution in [2.75, 3.05) is 24.4 Å². The molecular formula is C23H21N3O4. The number of amides is 3. The molecule has 0 unspecified atom stereocenters. The molecule has 0 atom stereocenters. The van der Waals surface area contributed by atoms with Crippen molar-refractivity contribution < 1.29 is 19.1 Å². The third-order valence-electron chi connectivity index (χ3n) is 4.32. The molecule has 3 rings (SSSR count). The lowest BCUT2D eigenvalue weighted by molar-refractivity contribution is -0.119. The zero-order chi connectivity index (χ0) is 21.5. The van der Waals surface area contributed by atoms with Crippen molar-refractivity contribution >= 4 is 29.1 Å². The van der Waals surface area contributed by atoms with Gasteiger partial charge in [-0.25, -0.2) is 0 Å². The van der Waals surface area contributed by atoms with Crippen molar-refractivity contribution in [3.05, 3.63) is 83.9 Å². The first-order valence-corrected chi connectivity index (χ1v) is 9.17. The van der Waals surface area contributed by atoms with E-state index in [9.17, 15) is 14.4 Å². The van der Waals surface area contributed by atoms with Crippen molar-refractivity contribution in [1.82, 2.24) is 0 Å². The van der Waals surface area contributed by atoms with Crippen molar-refractivity contribution in [3.8, 4) is 11.1 Å². The summed E-state index contributed by atoms with van der Waals surface area (Å²) in [7, 11) is 1.45. The van der Waals surface area contributed by atoms with Crippen LogP contribution in [-0.2, 0) is 9.53 Å². The Labute approximate surface area is 173 Å². The summed E-state index contributed by atoms with van der Waals surface area (Å²) in [4.78, 5) is 36.0. The summed E-state index contributed by atoms with van der Waals surface area (Å²) in [5.41, 5.74) is 8.64. The van der Waals surface area contributed by atoms with E-state index in [1.165, 1.54) is 13.2 Å². The molecule has 7 nitrogen and oxygen atoms in total. The number of primary amides is 1. The van der Waals surface area contributed by atoms with E-state index in [2.05, 4.69) is 10.6 Å². The van der Waals surface area contributed by atoms with Crippen LogP contribution in [0.3, 0.4) is 0 Å². The summed E-state index contributed by atoms with van der Waals surface area (Å²) in [5.74, 6) is -1.17. The molecule has 0 aliphatic rings. The van der Waals surface area contributed by atoms with Crippen LogP contribution < -0.4 is 16.4 Å². The molecule has 0 saturated heterocycles. The van der Waals surface area contributed by atoms with E-state index >= 15 is 0 Å². The van der Waals surface area contributed by atoms with E-state index in [4.69, 9.17) is 10.5 Å². The second-order valence-electron chi connectivity index (χ2n) is 6.51. The molecule has 0 bridgehead atoms. The fraction of sp³-hybridized carbons (Fsp3) is 0.0870. The standard InChI is InChI=1S/C23H21N3O4/c1-30-14-21(27)26-20-11-3-2-10-19(20)15-6-4-8-17(12-15)23(29)25-18-9-5-7-16(13-18)22(24)28/h2-13H,14H2,1H3,(H2,24,28)(H,25,29)(H,26,27). The number of hydrogen-bond donors (Lipinski definition) is 3. The molecular weight excluding hydrogens is 382 g/mol. The normalized spacial score (nSPS) is 10.3. The maximum atomic E-state index is 12.7. The van der Waals surface area contributed by atoms with Gasteiger partial charge in [-0.05, 0) is 42.0 Å². The van der Waals surface area contributed by atoms with Gasteiger partial charge in [-0.2, -0.15) is 0 Å². The van der Waals surface area contributed by atoms with Gasteiger partial charge in [0.1, 0.15) is 6.61 Å². The minimum absolute atomic E-state index is 0.0544. The van der Waals surface area contributed by atoms with Crippen molar-refractivity contribution in [2.24, 2.45) is 5.73 Å². The second-order valence-corrected chi connectivity index (χ2v) is 6.51. The maximum Gasteiger partial charge on any atom is 0.255 e. The molecule has 4 N–H and O–H groups in total. The predicted octanol–water partition coefficient (Wildman–Crippen LogP) is 3.29. The van der Waals surface area contributed by atoms with E-state index < -0.39 is 5.91 Å². The monoisotopic (exact) mass is 403 g/mol. The fourth-order valence-electron chi connectivity index (χ4n) is 2.94. The number of carbonyl (C=O) groups excluding carboxylic acids is 3. The minimum Gasteiger partial charge on any atom is -0.375 e. The molecule has 3 aromatic rings. The molecule has 0 saturated carbocycles. The van der Waals surface area contributed by atoms with Crippen LogP contribution in [-0.4, -0.2) is 31.4 Å². The Bertz CT molecular complexity index is 1100. The van der Waals surface area contributed by atoms with Gasteiger partial charge >= 0.3 is 0 Å². The number of para-hydroxylation sites is 1. The predicted molar refractivity (Wildman–Crippen MR) is 115 cm³/mol. The number of nitrogens with one attached hydrogen (secondary N) is 2. The third kappa shape index (κ3) is 5.09. The van der Waals surface area contributed by atoms with Crippen LogP contribution in [0.5, 0.6) is 0 Å². The SMILES string of the molecule is COCC(=O)Nc1ccccc1-c1cccc(C(=O)Nc2cccc(C(N)=O)c2)c1. The summed E-state index contributed by atoms with van der Waals surface area (Å²) >= 11 is 0. The third-order valence-corrected chi connectivity index (χ3v) is 4.32. The van der Waals surface area contributed by atoms with Crippen LogP contribution in [0.1, 0.15) is 20.7 Å². The van der Waals surface area contributed by atoms with E-state index in [1.54, 1.807) is 42.5 Å². The highest BCUT2D eigenvalue weighted by atomic mass is 16.5. The molecule has 0 fully saturated rings. The van der Waals surface area contributed by atoms with Gasteiger partial charge in [-0.15, -0.1) is 0 Å². The van der Waals surface area contributed by atoms with Gasteiger partial charge in [0, 0.05) is 35.2 Å². The number of ether oxygens (including phenoxy) is 1. The van der Waals surface area contributed by atoms with Gasteiger partial charge in [0.05, 0.1) is 0 Å². The van der Waals surface area contributed by atoms with E-state index in [-0.39, 0.29) is 18.4 Å². The number of anilines is 2. The minimum atomic E-state index is -0.569. The molecule has 0 aromatic heterocycles. The fourth-order valence-corrected chi connectivity index (χ4v) is 2.94. The highest BCUT2D eigenvalue weighted by Gasteiger charge is 2.12. The van der Waals surface area contributed by atoms with Gasteiger partial charge in [0.15, 0.2) is 0 Å². The Hall–Kier alpha value is -3.97. The van der Waals surface area contributed by atoms with Crippen LogP contribution in [0.2, 0.25) is 0 Å². The molecule has 30 heavy (non-hydrogen) atoms. The Morgan fingerprint density at radius 2 is 1.60 bits per heavy atom. The number of nitrogens with two attached hydrogens (primary N) is 1. The van der Waals surface area contributed by atoms with Crippen molar-refractivity contribution in [1.29, 1.82) is 0 Å². The van der Waals surface area contributed by atoms with Crippen LogP contribution in [0.25, 0.3) is 11.1 Å². The summed E-state index contributed by atoms with van der Waals surface area (Å²) < 4.78 is 4.86. The average Bonchev–Trinajstić information content (AvgIpc) is 2.74. The van der Waals surface area contributed by atoms with Gasteiger partial charge in [0.25, 0.3) is 5.91 Å². The van der Waals surface area contributed by atoms with Crippen LogP contribution >= 0.6 is 0 Å². The summed E-state index contributed by atoms with van der Waals surface area (Å²) in [5, 5.41) is 5.57. The van der Waals surface area contributed by atoms with Gasteiger partial charge in [0.2, 0.25) is 11.8 Å². The van der Waals surface area contributed by atoms with Crippen LogP contribution in [0.15, 0.2) is 72.8 Å². The van der Waals surface area contributed by atoms with Crippen molar-refractivity contribution in [3.63, 3.8) is 0 Å². The number of methoxy groups -OCH3 is 1. The number of carbonyl (C=O) groups is 3. The topological polar surface area (TPSA) is 111 Å². The van der Waals surface area contributed by atoms with Crippen LogP contribution in [0.4, 0.5) is 11.4 Å². The van der Waals surface area contributed by atoms with Crippen LogP contribution in [0, 0.1) is 0 Å². The van der Waals surface area contributed by atoms with E-state index in [1.807, 2.05) is 24.3 Å². The smallest absolute Gasteiger partial charge is 0.255 e. The van der Waals surface area contributed by atoms with Gasteiger partial charge in [-0.3, -0.25) is 14.4 Å². The number of hydrogen-bond acceptors (Lipinski definition) is 4. The van der Waals surface area contributed by atoms with E-state index in [0.29, 0.717) is 22.5 Å². The summed E-state index contributed by atoms with van der Waals surface area (Å²) in [6.45, 7) is -0.0544. The molecule has 0 aliphatic carbocycles. The summed E-state index contributed by atoms with van der Waals surface area (Å²) in [6, 6.07) is 20.7. The zero-order valence-electron chi connectivity index (χ0n) is 16.3. The second kappa shape index (κ2) is 9.49. The molecule has 3 aromatic carbocycles. The highest BCUT2D eigenvalue weighted by Crippen LogP contribution is 2.28. The summed E-state index contributed by atoms with van der Waals surface area (Å²) in [6.07, 6.45) is 0. The molecule has 152 valence electrons. The lowest BCUT2D eigenvalue weighted by Gasteiger charge is -2.12. The van der Waals surface area contributed by atoms with Gasteiger partial charge < -0.3 is 21.1 Å². The molecule has 0 aliphatic heterocycles. The Kier molecular flexibility index (Phi) is 6.56. The number of rotatable bonds is 7. The lowest BCUT2D eigenvalue weighted by Crippen LogP contribution is -2.17. The Morgan fingerprint density at radius 3 is 2.37 bits per heavy atom. The van der Waals surface area contributed by atoms with Crippen molar-refractivity contribution in [2.45, 2.75) is 0 Å². The molecule has 0 radical (unpaired) electrons. The molecule has 0 spiro atoms.